The van der Waals surface area contributed by atoms with E-state index in [2.05, 4.69) is 10.1 Å². The van der Waals surface area contributed by atoms with Crippen LogP contribution in [0.4, 0.5) is 0 Å². The summed E-state index contributed by atoms with van der Waals surface area (Å²) >= 11 is 0. The van der Waals surface area contributed by atoms with E-state index in [4.69, 9.17) is 9.63 Å². The molecule has 7 nitrogen and oxygen atoms in total. The largest absolute Gasteiger partial charge is 0.478 e. The van der Waals surface area contributed by atoms with Crippen LogP contribution < -0.4 is 0 Å². The molecule has 0 bridgehead atoms. The van der Waals surface area contributed by atoms with E-state index in [0.29, 0.717) is 28.9 Å². The van der Waals surface area contributed by atoms with Crippen LogP contribution in [0.5, 0.6) is 0 Å². The summed E-state index contributed by atoms with van der Waals surface area (Å²) in [6.45, 7) is 6.13. The number of hydrogen-bond donors (Lipinski definition) is 1. The van der Waals surface area contributed by atoms with E-state index in [1.807, 2.05) is 13.8 Å². The number of amides is 1. The molecule has 0 fully saturated rings. The zero-order valence-corrected chi connectivity index (χ0v) is 15.7. The number of fused-ring (bicyclic) bond motifs is 1. The predicted molar refractivity (Wildman–Crippen MR) is 99.8 cm³/mol. The molecule has 1 aromatic carbocycles. The van der Waals surface area contributed by atoms with Crippen LogP contribution in [0.1, 0.15) is 57.4 Å². The molecule has 0 radical (unpaired) electrons. The third-order valence-electron chi connectivity index (χ3n) is 4.43. The number of pyridine rings is 1. The van der Waals surface area contributed by atoms with Crippen molar-refractivity contribution in [3.8, 4) is 0 Å². The highest BCUT2D eigenvalue weighted by atomic mass is 16.5. The maximum absolute atomic E-state index is 13.1. The number of carboxylic acid groups (broad SMARTS) is 1. The molecule has 0 aliphatic rings. The molecule has 0 saturated carbocycles. The van der Waals surface area contributed by atoms with Crippen LogP contribution in [0.2, 0.25) is 0 Å². The quantitative estimate of drug-likeness (QED) is 0.740. The van der Waals surface area contributed by atoms with Crippen LogP contribution >= 0.6 is 0 Å². The molecule has 3 rings (SSSR count). The number of aromatic nitrogens is 2. The van der Waals surface area contributed by atoms with Crippen LogP contribution in [0.25, 0.3) is 11.1 Å². The van der Waals surface area contributed by atoms with Gasteiger partial charge < -0.3 is 14.5 Å². The van der Waals surface area contributed by atoms with Crippen molar-refractivity contribution in [3.05, 3.63) is 58.4 Å². The lowest BCUT2D eigenvalue weighted by atomic mass is 10.0. The van der Waals surface area contributed by atoms with Crippen LogP contribution in [0, 0.1) is 6.92 Å². The molecule has 2 heterocycles. The molecule has 0 aliphatic carbocycles. The average molecular weight is 367 g/mol. The molecule has 0 unspecified atom stereocenters. The monoisotopic (exact) mass is 367 g/mol. The Morgan fingerprint density at radius 2 is 1.89 bits per heavy atom. The Kier molecular flexibility index (Phi) is 4.94. The molecule has 27 heavy (non-hydrogen) atoms. The zero-order chi connectivity index (χ0) is 19.7. The lowest BCUT2D eigenvalue weighted by Gasteiger charge is -2.18. The minimum atomic E-state index is -0.977. The summed E-state index contributed by atoms with van der Waals surface area (Å²) in [6.07, 6.45) is 0. The number of carboxylic acids is 1. The Morgan fingerprint density at radius 3 is 2.48 bits per heavy atom. The Balaban J connectivity index is 1.92. The molecular weight excluding hydrogens is 346 g/mol. The molecule has 1 amide bonds. The summed E-state index contributed by atoms with van der Waals surface area (Å²) in [5.74, 6) is -1.01. The van der Waals surface area contributed by atoms with E-state index >= 15 is 0 Å². The van der Waals surface area contributed by atoms with Gasteiger partial charge in [0.15, 0.2) is 0 Å². The predicted octanol–water partition coefficient (Wildman–Crippen LogP) is 3.63. The summed E-state index contributed by atoms with van der Waals surface area (Å²) < 4.78 is 5.28. The van der Waals surface area contributed by atoms with Gasteiger partial charge in [0.1, 0.15) is 0 Å². The van der Waals surface area contributed by atoms with E-state index in [0.717, 1.165) is 11.3 Å². The van der Waals surface area contributed by atoms with Crippen molar-refractivity contribution in [3.63, 3.8) is 0 Å². The highest BCUT2D eigenvalue weighted by Crippen LogP contribution is 2.26. The second kappa shape index (κ2) is 7.19. The van der Waals surface area contributed by atoms with Gasteiger partial charge in [0, 0.05) is 19.3 Å². The van der Waals surface area contributed by atoms with Crippen molar-refractivity contribution in [2.24, 2.45) is 0 Å². The summed E-state index contributed by atoms with van der Waals surface area (Å²) in [7, 11) is 1.71. The van der Waals surface area contributed by atoms with Crippen LogP contribution in [-0.4, -0.2) is 39.1 Å². The summed E-state index contributed by atoms with van der Waals surface area (Å²) in [4.78, 5) is 30.1. The SMILES string of the molecule is Cc1noc2nc(C(C)C)cc(C(=O)N(C)Cc3ccc(C(=O)O)cc3)c12. The van der Waals surface area contributed by atoms with Gasteiger partial charge in [0.2, 0.25) is 0 Å². The lowest BCUT2D eigenvalue weighted by Crippen LogP contribution is -2.26. The van der Waals surface area contributed by atoms with Crippen molar-refractivity contribution >= 4 is 23.0 Å². The Bertz CT molecular complexity index is 1010. The van der Waals surface area contributed by atoms with Gasteiger partial charge in [-0.1, -0.05) is 31.1 Å². The van der Waals surface area contributed by atoms with E-state index < -0.39 is 5.97 Å². The number of aryl methyl sites for hydroxylation is 1. The third-order valence-corrected chi connectivity index (χ3v) is 4.43. The number of rotatable bonds is 5. The second-order valence-electron chi connectivity index (χ2n) is 6.86. The molecule has 1 N–H and O–H groups in total. The van der Waals surface area contributed by atoms with E-state index in [1.165, 1.54) is 12.1 Å². The van der Waals surface area contributed by atoms with Gasteiger partial charge in [-0.2, -0.15) is 0 Å². The summed E-state index contributed by atoms with van der Waals surface area (Å²) in [5.41, 5.74) is 3.31. The normalized spacial score (nSPS) is 11.1. The molecule has 2 aromatic heterocycles. The molecule has 140 valence electrons. The molecule has 0 atom stereocenters. The first-order valence-corrected chi connectivity index (χ1v) is 8.62. The van der Waals surface area contributed by atoms with Gasteiger partial charge in [0.25, 0.3) is 11.6 Å². The molecular formula is C20H21N3O4. The van der Waals surface area contributed by atoms with Gasteiger partial charge in [-0.3, -0.25) is 4.79 Å². The minimum Gasteiger partial charge on any atom is -0.478 e. The smallest absolute Gasteiger partial charge is 0.335 e. The third kappa shape index (κ3) is 3.67. The van der Waals surface area contributed by atoms with Crippen molar-refractivity contribution in [2.45, 2.75) is 33.2 Å². The summed E-state index contributed by atoms with van der Waals surface area (Å²) in [6, 6.07) is 8.27. The minimum absolute atomic E-state index is 0.139. The van der Waals surface area contributed by atoms with Crippen molar-refractivity contribution in [2.75, 3.05) is 7.05 Å². The van der Waals surface area contributed by atoms with Crippen molar-refractivity contribution in [1.29, 1.82) is 0 Å². The van der Waals surface area contributed by atoms with E-state index in [9.17, 15) is 9.59 Å². The fourth-order valence-electron chi connectivity index (χ4n) is 2.88. The number of carbonyl (C=O) groups is 2. The number of carbonyl (C=O) groups excluding carboxylic acids is 1. The van der Waals surface area contributed by atoms with Gasteiger partial charge in [0.05, 0.1) is 22.2 Å². The second-order valence-corrected chi connectivity index (χ2v) is 6.86. The molecule has 0 saturated heterocycles. The van der Waals surface area contributed by atoms with E-state index in [1.54, 1.807) is 37.1 Å². The highest BCUT2D eigenvalue weighted by molar-refractivity contribution is 6.06. The molecule has 0 aliphatic heterocycles. The first-order valence-electron chi connectivity index (χ1n) is 8.62. The maximum Gasteiger partial charge on any atom is 0.335 e. The lowest BCUT2D eigenvalue weighted by molar-refractivity contribution is 0.0695. The van der Waals surface area contributed by atoms with Gasteiger partial charge >= 0.3 is 5.97 Å². The standard InChI is InChI=1S/C20H21N3O4/c1-11(2)16-9-15(17-12(3)22-27-18(17)21-16)19(24)23(4)10-13-5-7-14(8-6-13)20(25)26/h5-9,11H,10H2,1-4H3,(H,25,26). The number of benzene rings is 1. The Hall–Kier alpha value is -3.22. The molecule has 0 spiro atoms. The molecule has 3 aromatic rings. The molecule has 7 heteroatoms. The Labute approximate surface area is 156 Å². The summed E-state index contributed by atoms with van der Waals surface area (Å²) in [5, 5.41) is 13.6. The van der Waals surface area contributed by atoms with Crippen molar-refractivity contribution < 1.29 is 19.2 Å². The highest BCUT2D eigenvalue weighted by Gasteiger charge is 2.22. The van der Waals surface area contributed by atoms with Crippen LogP contribution in [-0.2, 0) is 6.54 Å². The zero-order valence-electron chi connectivity index (χ0n) is 15.7. The Morgan fingerprint density at radius 1 is 1.22 bits per heavy atom. The number of hydrogen-bond acceptors (Lipinski definition) is 5. The fourth-order valence-corrected chi connectivity index (χ4v) is 2.88. The van der Waals surface area contributed by atoms with Gasteiger partial charge in [-0.15, -0.1) is 0 Å². The van der Waals surface area contributed by atoms with Gasteiger partial charge in [-0.05, 0) is 36.6 Å². The van der Waals surface area contributed by atoms with E-state index in [-0.39, 0.29) is 17.4 Å². The van der Waals surface area contributed by atoms with Crippen LogP contribution in [0.15, 0.2) is 34.9 Å². The number of nitrogens with zero attached hydrogens (tertiary/aromatic N) is 3. The maximum atomic E-state index is 13.1. The first kappa shape index (κ1) is 18.6. The van der Waals surface area contributed by atoms with Crippen LogP contribution in [0.3, 0.4) is 0 Å². The van der Waals surface area contributed by atoms with Gasteiger partial charge in [-0.25, -0.2) is 9.78 Å². The fraction of sp³-hybridized carbons (Fsp3) is 0.300. The topological polar surface area (TPSA) is 96.5 Å². The first-order chi connectivity index (χ1) is 12.8. The van der Waals surface area contributed by atoms with Crippen molar-refractivity contribution in [1.82, 2.24) is 15.0 Å². The number of aromatic carboxylic acids is 1. The average Bonchev–Trinajstić information content (AvgIpc) is 3.01.